The highest BCUT2D eigenvalue weighted by Crippen LogP contribution is 2.65. The average Bonchev–Trinajstić information content (AvgIpc) is 3.78. The second-order valence-electron chi connectivity index (χ2n) is 18.8. The lowest BCUT2D eigenvalue weighted by molar-refractivity contribution is -0.190. The predicted octanol–water partition coefficient (Wildman–Crippen LogP) is 6.90. The number of nitrogens with one attached hydrogen (secondary N) is 1. The summed E-state index contributed by atoms with van der Waals surface area (Å²) in [7, 11) is 4.12. The Balaban J connectivity index is 1.30. The first kappa shape index (κ1) is 49.8. The molecule has 7 heterocycles. The van der Waals surface area contributed by atoms with Gasteiger partial charge in [0.25, 0.3) is 0 Å². The fourth-order valence-corrected chi connectivity index (χ4v) is 12.5. The van der Waals surface area contributed by atoms with Crippen LogP contribution in [-0.4, -0.2) is 117 Å². The van der Waals surface area contributed by atoms with Crippen molar-refractivity contribution in [2.45, 2.75) is 106 Å². The summed E-state index contributed by atoms with van der Waals surface area (Å²) in [5.74, 6) is -7.70. The minimum atomic E-state index is -5.51. The number of rotatable bonds is 5. The molecule has 3 aromatic rings. The Kier molecular flexibility index (Phi) is 12.3. The van der Waals surface area contributed by atoms with Gasteiger partial charge < -0.3 is 42.6 Å². The van der Waals surface area contributed by atoms with Crippen LogP contribution in [0.4, 0.5) is 31.1 Å². The van der Waals surface area contributed by atoms with Crippen LogP contribution >= 0.6 is 11.8 Å². The van der Waals surface area contributed by atoms with Crippen molar-refractivity contribution in [1.82, 2.24) is 15.1 Å². The van der Waals surface area contributed by atoms with Crippen LogP contribution in [0, 0.1) is 25.2 Å². The van der Waals surface area contributed by atoms with E-state index in [1.54, 1.807) is 50.6 Å². The van der Waals surface area contributed by atoms with Crippen molar-refractivity contribution < 1.29 is 88.2 Å². The van der Waals surface area contributed by atoms with Gasteiger partial charge in [-0.1, -0.05) is 6.07 Å². The summed E-state index contributed by atoms with van der Waals surface area (Å²) in [4.78, 5) is 57.3. The van der Waals surface area contributed by atoms with Crippen molar-refractivity contribution >= 4 is 35.8 Å². The van der Waals surface area contributed by atoms with E-state index in [1.165, 1.54) is 33.3 Å². The molecule has 0 radical (unpaired) electrons. The molecule has 2 fully saturated rings. The van der Waals surface area contributed by atoms with Gasteiger partial charge in [0.05, 0.1) is 37.6 Å². The maximum atomic E-state index is 15.1. The third kappa shape index (κ3) is 8.17. The van der Waals surface area contributed by atoms with Crippen LogP contribution in [-0.2, 0) is 42.2 Å². The van der Waals surface area contributed by atoms with Crippen molar-refractivity contribution in [3.63, 3.8) is 0 Å². The lowest BCUT2D eigenvalue weighted by atomic mass is 9.71. The first-order chi connectivity index (χ1) is 33.3. The Bertz CT molecular complexity index is 2810. The molecule has 1 unspecified atom stereocenters. The Morgan fingerprint density at radius 1 is 0.859 bits per heavy atom. The van der Waals surface area contributed by atoms with Gasteiger partial charge in [0.15, 0.2) is 40.0 Å². The molecule has 2 saturated heterocycles. The predicted molar refractivity (Wildman–Crippen MR) is 234 cm³/mol. The maximum Gasteiger partial charge on any atom is 0.514 e. The molecule has 17 nitrogen and oxygen atoms in total. The molecule has 7 aliphatic heterocycles. The van der Waals surface area contributed by atoms with Crippen molar-refractivity contribution in [2.75, 3.05) is 47.0 Å². The van der Waals surface area contributed by atoms with Crippen LogP contribution in [0.2, 0.25) is 0 Å². The number of benzene rings is 3. The molecule has 7 aliphatic rings. The number of likely N-dealkylation sites (N-methyl/N-ethyl adjacent to an activating group) is 1. The highest BCUT2D eigenvalue weighted by Gasteiger charge is 2.62. The van der Waals surface area contributed by atoms with Crippen LogP contribution < -0.4 is 38.5 Å². The second kappa shape index (κ2) is 17.6. The third-order valence-electron chi connectivity index (χ3n) is 13.6. The van der Waals surface area contributed by atoms with Crippen molar-refractivity contribution in [2.24, 2.45) is 0 Å². The van der Waals surface area contributed by atoms with Crippen molar-refractivity contribution in [3.05, 3.63) is 62.7 Å². The molecule has 24 heteroatoms. The van der Waals surface area contributed by atoms with E-state index in [1.807, 2.05) is 0 Å². The second-order valence-corrected chi connectivity index (χ2v) is 19.9. The summed E-state index contributed by atoms with van der Waals surface area (Å²) in [6.07, 6.45) is -11.7. The quantitative estimate of drug-likeness (QED) is 0.120. The normalized spacial score (nSPS) is 25.6. The average molecular weight is 1020 g/mol. The van der Waals surface area contributed by atoms with Gasteiger partial charge in [0.2, 0.25) is 6.79 Å². The van der Waals surface area contributed by atoms with Crippen LogP contribution in [0.3, 0.4) is 0 Å². The standard InChI is InChI=1S/C47H46F6N4O13S/c1-19-11-22-12-24-25(15-54)57-26-16-64-40(58)45(23-14-27(62-7)28(13-21(23)9-10-55-45)67-43(61)70-44(3,4)5)17-71-39(31-30(26)37-36(65-18-66-37)20(2)35(31)68-41(59)46(48,49)50)33(57)32(56(24)6)29(22)38(34(19)63-8)69-42(60)47(51,52)53/h11,13-14,24-26,32-33,39,55H,9-10,12,16-18H2,1-8H3/t24-,25+,26+,32-,33?,39-,45-/m1/s1. The number of hydrogen-bond acceptors (Lipinski definition) is 18. The van der Waals surface area contributed by atoms with E-state index >= 15 is 4.79 Å². The smallest absolute Gasteiger partial charge is 0.493 e. The molecule has 0 aliphatic carbocycles. The molecular formula is C47H46F6N4O13S. The molecule has 10 rings (SSSR count). The molecule has 1 spiro atoms. The summed E-state index contributed by atoms with van der Waals surface area (Å²) in [5.41, 5.74) is -1.17. The number of ether oxygens (including phenoxy) is 9. The molecule has 1 N–H and O–H groups in total. The summed E-state index contributed by atoms with van der Waals surface area (Å²) < 4.78 is 136. The van der Waals surface area contributed by atoms with Gasteiger partial charge in [-0.2, -0.15) is 31.6 Å². The first-order valence-electron chi connectivity index (χ1n) is 22.1. The molecule has 4 bridgehead atoms. The van der Waals surface area contributed by atoms with Gasteiger partial charge in [0.1, 0.15) is 24.0 Å². The third-order valence-corrected chi connectivity index (χ3v) is 15.1. The van der Waals surface area contributed by atoms with E-state index in [4.69, 9.17) is 42.6 Å². The van der Waals surface area contributed by atoms with Gasteiger partial charge in [0, 0.05) is 46.6 Å². The van der Waals surface area contributed by atoms with Crippen LogP contribution in [0.15, 0.2) is 18.2 Å². The van der Waals surface area contributed by atoms with E-state index in [9.17, 15) is 46.0 Å². The number of nitriles is 1. The number of hydrogen-bond donors (Lipinski definition) is 1. The van der Waals surface area contributed by atoms with Gasteiger partial charge in [-0.05, 0) is 88.9 Å². The Morgan fingerprint density at radius 3 is 2.17 bits per heavy atom. The maximum absolute atomic E-state index is 15.1. The summed E-state index contributed by atoms with van der Waals surface area (Å²) in [6.45, 7) is 6.95. The SMILES string of the molecule is COc1cc2c(cc1OC(=O)OC(C)(C)C)CCN[C@]21CS[C@@H]2c3c(OC(=O)C(F)(F)F)c(C)c4c(c3[C@H](COC1=O)N1C2[C@H]2c3c(cc(C)c(OC)c3OC(=O)C(F)(F)F)C[C@H]([C@@H]1C#N)N2C)OCO4. The molecular weight excluding hydrogens is 975 g/mol. The molecule has 71 heavy (non-hydrogen) atoms. The highest BCUT2D eigenvalue weighted by atomic mass is 32.2. The zero-order valence-electron chi connectivity index (χ0n) is 39.3. The number of nitrogens with zero attached hydrogens (tertiary/aromatic N) is 3. The van der Waals surface area contributed by atoms with E-state index in [0.29, 0.717) is 22.3 Å². The Labute approximate surface area is 405 Å². The van der Waals surface area contributed by atoms with Crippen molar-refractivity contribution in [3.8, 4) is 46.3 Å². The Morgan fingerprint density at radius 2 is 1.54 bits per heavy atom. The topological polar surface area (TPSA) is 194 Å². The number of methoxy groups -OCH3 is 2. The monoisotopic (exact) mass is 1020 g/mol. The fourth-order valence-electron chi connectivity index (χ4n) is 10.8. The Hall–Kier alpha value is -6.16. The van der Waals surface area contributed by atoms with Gasteiger partial charge in [-0.25, -0.2) is 19.2 Å². The number of halogens is 6. The summed E-state index contributed by atoms with van der Waals surface area (Å²) in [5, 5.41) is 13.3. The van der Waals surface area contributed by atoms with Crippen molar-refractivity contribution in [1.29, 1.82) is 5.26 Å². The molecule has 0 saturated carbocycles. The summed E-state index contributed by atoms with van der Waals surface area (Å²) in [6, 6.07) is 1.48. The largest absolute Gasteiger partial charge is 0.514 e. The van der Waals surface area contributed by atoms with E-state index in [2.05, 4.69) is 11.4 Å². The minimum absolute atomic E-state index is 0.0103. The number of alkyl halides is 6. The minimum Gasteiger partial charge on any atom is -0.493 e. The molecule has 3 aromatic carbocycles. The molecule has 7 atom stereocenters. The van der Waals surface area contributed by atoms with Gasteiger partial charge >= 0.3 is 36.4 Å². The van der Waals surface area contributed by atoms with Gasteiger partial charge in [-0.15, -0.1) is 11.8 Å². The molecule has 0 amide bonds. The lowest BCUT2D eigenvalue weighted by Crippen LogP contribution is -2.69. The highest BCUT2D eigenvalue weighted by molar-refractivity contribution is 7.99. The number of fused-ring (bicyclic) bond motifs is 9. The first-order valence-corrected chi connectivity index (χ1v) is 23.2. The number of esters is 3. The number of thioether (sulfide) groups is 1. The number of aryl methyl sites for hydroxylation is 1. The molecule has 380 valence electrons. The van der Waals surface area contributed by atoms with Gasteiger partial charge in [-0.3, -0.25) is 15.1 Å². The number of carbonyl (C=O) groups is 4. The zero-order valence-corrected chi connectivity index (χ0v) is 40.1. The van der Waals surface area contributed by atoms with E-state index < -0.39 is 108 Å². The van der Waals surface area contributed by atoms with Crippen LogP contribution in [0.1, 0.15) is 82.6 Å². The zero-order chi connectivity index (χ0) is 51.4. The lowest BCUT2D eigenvalue weighted by Gasteiger charge is -2.62. The van der Waals surface area contributed by atoms with Crippen LogP contribution in [0.25, 0.3) is 0 Å². The fraction of sp³-hybridized carbons (Fsp3) is 0.511. The van der Waals surface area contributed by atoms with E-state index in [0.717, 1.165) is 11.8 Å². The summed E-state index contributed by atoms with van der Waals surface area (Å²) >= 11 is 0.992. The molecule has 0 aromatic heterocycles. The number of carbonyl (C=O) groups excluding carboxylic acids is 4. The van der Waals surface area contributed by atoms with E-state index in [-0.39, 0.29) is 76.1 Å². The number of piperazine rings is 1. The van der Waals surface area contributed by atoms with Crippen LogP contribution in [0.5, 0.6) is 40.2 Å².